The fourth-order valence-corrected chi connectivity index (χ4v) is 10.2. The van der Waals surface area contributed by atoms with Crippen molar-refractivity contribution in [2.45, 2.75) is 182 Å². The van der Waals surface area contributed by atoms with Crippen LogP contribution < -0.4 is 10.6 Å². The molecule has 0 bridgehead atoms. The summed E-state index contributed by atoms with van der Waals surface area (Å²) >= 11 is 0. The van der Waals surface area contributed by atoms with E-state index in [0.717, 1.165) is 44.1 Å². The second kappa shape index (κ2) is 20.3. The molecule has 3 aliphatic heterocycles. The molecule has 1 aromatic rings. The van der Waals surface area contributed by atoms with Crippen LogP contribution >= 0.6 is 0 Å². The number of Topliss-reactive ketones (excluding diaryl/α,β-unsaturated/α-hetero) is 3. The van der Waals surface area contributed by atoms with Crippen LogP contribution in [0.1, 0.15) is 156 Å². The van der Waals surface area contributed by atoms with Crippen molar-refractivity contribution < 1.29 is 43.1 Å². The zero-order chi connectivity index (χ0) is 46.6. The number of imide groups is 1. The van der Waals surface area contributed by atoms with Gasteiger partial charge in [0, 0.05) is 57.7 Å². The largest absolute Gasteiger partial charge is 0.444 e. The molecule has 1 unspecified atom stereocenters. The summed E-state index contributed by atoms with van der Waals surface area (Å²) in [5.74, 6) is -3.04. The van der Waals surface area contributed by atoms with E-state index < -0.39 is 76.0 Å². The number of hydrogen-bond acceptors (Lipinski definition) is 9. The Hall–Kier alpha value is -4.62. The third kappa shape index (κ3) is 12.2. The Morgan fingerprint density at radius 3 is 2.19 bits per heavy atom. The average Bonchev–Trinajstić information content (AvgIpc) is 3.95. The number of ether oxygens (including phenoxy) is 1. The number of nitrogens with zero attached hydrogens (tertiary/aromatic N) is 3. The Kier molecular flexibility index (Phi) is 15.5. The Balaban J connectivity index is 1.25. The molecule has 6 rings (SSSR count). The zero-order valence-corrected chi connectivity index (χ0v) is 39.4. The summed E-state index contributed by atoms with van der Waals surface area (Å²) in [4.78, 5) is 115. The summed E-state index contributed by atoms with van der Waals surface area (Å²) in [6, 6.07) is 4.47. The number of hydrogen-bond donors (Lipinski definition) is 2. The summed E-state index contributed by atoms with van der Waals surface area (Å²) in [5, 5.41) is 6.04. The molecule has 0 radical (unpaired) electrons. The lowest BCUT2D eigenvalue weighted by Gasteiger charge is -2.43. The average molecular weight is 888 g/mol. The van der Waals surface area contributed by atoms with Gasteiger partial charge >= 0.3 is 12.1 Å². The van der Waals surface area contributed by atoms with Gasteiger partial charge in [-0.05, 0) is 71.8 Å². The zero-order valence-electron chi connectivity index (χ0n) is 39.4. The Labute approximate surface area is 379 Å². The van der Waals surface area contributed by atoms with Gasteiger partial charge in [-0.25, -0.2) is 9.59 Å². The maximum absolute atomic E-state index is 15.3. The quantitative estimate of drug-likeness (QED) is 0.122. The number of ketones is 3. The molecular formula is C50H73N5O9. The predicted octanol–water partition coefficient (Wildman–Crippen LogP) is 7.08. The molecule has 0 spiro atoms. The minimum atomic E-state index is -1.09. The first-order chi connectivity index (χ1) is 30.2. The minimum Gasteiger partial charge on any atom is -0.444 e. The number of piperidine rings is 1. The summed E-state index contributed by atoms with van der Waals surface area (Å²) < 4.78 is 6.12. The molecule has 2 aliphatic carbocycles. The molecule has 4 fully saturated rings. The smallest absolute Gasteiger partial charge is 0.410 e. The van der Waals surface area contributed by atoms with E-state index in [2.05, 4.69) is 10.6 Å². The SMILES string of the molecule is CCCCC(CC(=O)[C@@H]1C[C@@H](OC(=O)N2CCc3ccccc3C2)CN1C(=O)[C@@H](NC(=O)N[C@H](CN1C(=O)CC(C)(C)CC1=O)C(C)(C)C)C1(C)CCCCC1)C(=O)C(=O)CC1CC1. The van der Waals surface area contributed by atoms with Crippen molar-refractivity contribution in [1.29, 1.82) is 0 Å². The highest BCUT2D eigenvalue weighted by atomic mass is 16.6. The summed E-state index contributed by atoms with van der Waals surface area (Å²) in [5.41, 5.74) is 0.446. The first kappa shape index (κ1) is 48.8. The van der Waals surface area contributed by atoms with Crippen molar-refractivity contribution >= 4 is 47.2 Å². The van der Waals surface area contributed by atoms with Crippen LogP contribution in [0.2, 0.25) is 0 Å². The lowest BCUT2D eigenvalue weighted by atomic mass is 9.70. The van der Waals surface area contributed by atoms with Gasteiger partial charge in [-0.1, -0.05) is 105 Å². The molecule has 2 N–H and O–H groups in total. The number of benzene rings is 1. The lowest BCUT2D eigenvalue weighted by molar-refractivity contribution is -0.153. The normalized spacial score (nSPS) is 23.4. The fraction of sp³-hybridized carbons (Fsp3) is 0.720. The van der Waals surface area contributed by atoms with E-state index in [1.807, 2.05) is 72.7 Å². The molecule has 352 valence electrons. The molecule has 14 heteroatoms. The number of likely N-dealkylation sites (tertiary alicyclic amines) is 2. The Bertz CT molecular complexity index is 1930. The number of rotatable bonds is 17. The van der Waals surface area contributed by atoms with E-state index in [9.17, 15) is 33.6 Å². The lowest BCUT2D eigenvalue weighted by Crippen LogP contribution is -2.63. The highest BCUT2D eigenvalue weighted by Crippen LogP contribution is 2.41. The van der Waals surface area contributed by atoms with E-state index in [1.54, 1.807) is 4.90 Å². The van der Waals surface area contributed by atoms with Crippen LogP contribution in [0.25, 0.3) is 0 Å². The number of unbranched alkanes of at least 4 members (excludes halogenated alkanes) is 1. The molecular weight excluding hydrogens is 815 g/mol. The second-order valence-electron chi connectivity index (χ2n) is 21.7. The number of nitrogens with one attached hydrogen (secondary N) is 2. The number of carbonyl (C=O) groups excluding carboxylic acids is 8. The van der Waals surface area contributed by atoms with Gasteiger partial charge in [-0.2, -0.15) is 0 Å². The van der Waals surface area contributed by atoms with Gasteiger partial charge in [0.25, 0.3) is 0 Å². The molecule has 14 nitrogen and oxygen atoms in total. The minimum absolute atomic E-state index is 0.0157. The Morgan fingerprint density at radius 2 is 1.56 bits per heavy atom. The maximum atomic E-state index is 15.3. The molecule has 3 heterocycles. The van der Waals surface area contributed by atoms with Crippen molar-refractivity contribution in [3.05, 3.63) is 35.4 Å². The molecule has 64 heavy (non-hydrogen) atoms. The third-order valence-corrected chi connectivity index (χ3v) is 14.5. The molecule has 5 aliphatic rings. The van der Waals surface area contributed by atoms with Crippen molar-refractivity contribution in [1.82, 2.24) is 25.3 Å². The van der Waals surface area contributed by atoms with Crippen LogP contribution in [0.3, 0.4) is 0 Å². The van der Waals surface area contributed by atoms with Crippen LogP contribution in [-0.4, -0.2) is 106 Å². The number of amides is 6. The first-order valence-corrected chi connectivity index (χ1v) is 24.0. The standard InChI is InChI=1S/C50H73N5O9/c1-8-9-15-34(43(60)39(57)24-32-18-19-32)25-38(56)37-26-36(64-47(63)53-23-20-33-16-11-12-17-35(33)29-53)30-54(37)45(61)44(50(7)21-13-10-14-22-50)52-46(62)51-40(48(2,3)4)31-55-41(58)27-49(5,6)28-42(55)59/h11-12,16-17,32,34,36-37,40,44H,8-10,13-15,18-31H2,1-7H3,(H2,51,52,62)/t34?,36-,37+,40-,44-/m1/s1. The summed E-state index contributed by atoms with van der Waals surface area (Å²) in [6.45, 7) is 14.2. The van der Waals surface area contributed by atoms with Crippen molar-refractivity contribution in [3.8, 4) is 0 Å². The molecule has 2 saturated heterocycles. The number of carbonyl (C=O) groups is 8. The molecule has 2 saturated carbocycles. The molecule has 1 aromatic carbocycles. The maximum Gasteiger partial charge on any atom is 0.410 e. The topological polar surface area (TPSA) is 180 Å². The highest BCUT2D eigenvalue weighted by molar-refractivity contribution is 6.38. The van der Waals surface area contributed by atoms with Crippen LogP contribution in [0, 0.1) is 28.1 Å². The number of urea groups is 1. The van der Waals surface area contributed by atoms with Crippen LogP contribution in [0.15, 0.2) is 24.3 Å². The predicted molar refractivity (Wildman–Crippen MR) is 241 cm³/mol. The third-order valence-electron chi connectivity index (χ3n) is 14.5. The van der Waals surface area contributed by atoms with Crippen molar-refractivity contribution in [3.63, 3.8) is 0 Å². The van der Waals surface area contributed by atoms with E-state index in [4.69, 9.17) is 4.74 Å². The van der Waals surface area contributed by atoms with Crippen molar-refractivity contribution in [2.24, 2.45) is 28.1 Å². The molecule has 6 amide bonds. The van der Waals surface area contributed by atoms with Gasteiger partial charge in [0.2, 0.25) is 23.5 Å². The van der Waals surface area contributed by atoms with E-state index in [-0.39, 0.29) is 68.7 Å². The Morgan fingerprint density at radius 1 is 0.906 bits per heavy atom. The van der Waals surface area contributed by atoms with Crippen LogP contribution in [0.5, 0.6) is 0 Å². The van der Waals surface area contributed by atoms with Crippen LogP contribution in [-0.2, 0) is 46.5 Å². The summed E-state index contributed by atoms with van der Waals surface area (Å²) in [6.07, 6.45) is 7.23. The monoisotopic (exact) mass is 888 g/mol. The van der Waals surface area contributed by atoms with E-state index in [1.165, 1.54) is 15.4 Å². The van der Waals surface area contributed by atoms with Crippen LogP contribution in [0.4, 0.5) is 9.59 Å². The molecule has 5 atom stereocenters. The first-order valence-electron chi connectivity index (χ1n) is 24.0. The van der Waals surface area contributed by atoms with Gasteiger partial charge in [-0.3, -0.25) is 33.7 Å². The van der Waals surface area contributed by atoms with Gasteiger partial charge < -0.3 is 25.2 Å². The van der Waals surface area contributed by atoms with Gasteiger partial charge in [0.1, 0.15) is 12.1 Å². The van der Waals surface area contributed by atoms with E-state index >= 15 is 4.79 Å². The second-order valence-corrected chi connectivity index (χ2v) is 21.7. The highest BCUT2D eigenvalue weighted by Gasteiger charge is 2.50. The van der Waals surface area contributed by atoms with Gasteiger partial charge in [0.15, 0.2) is 11.6 Å². The number of fused-ring (bicyclic) bond motifs is 1. The summed E-state index contributed by atoms with van der Waals surface area (Å²) in [7, 11) is 0. The molecule has 0 aromatic heterocycles. The van der Waals surface area contributed by atoms with Gasteiger partial charge in [-0.15, -0.1) is 0 Å². The van der Waals surface area contributed by atoms with Crippen molar-refractivity contribution in [2.75, 3.05) is 19.6 Å². The van der Waals surface area contributed by atoms with E-state index in [0.29, 0.717) is 45.2 Å². The van der Waals surface area contributed by atoms with Gasteiger partial charge in [0.05, 0.1) is 18.6 Å². The fourth-order valence-electron chi connectivity index (χ4n) is 10.2.